The van der Waals surface area contributed by atoms with Crippen molar-refractivity contribution < 1.29 is 9.32 Å². The first-order valence-electron chi connectivity index (χ1n) is 7.87. The van der Waals surface area contributed by atoms with Crippen LogP contribution in [0.4, 0.5) is 0 Å². The summed E-state index contributed by atoms with van der Waals surface area (Å²) in [5.74, 6) is 1.77. The highest BCUT2D eigenvalue weighted by molar-refractivity contribution is 14.0. The van der Waals surface area contributed by atoms with Crippen LogP contribution in [0.5, 0.6) is 0 Å². The summed E-state index contributed by atoms with van der Waals surface area (Å²) >= 11 is 0. The van der Waals surface area contributed by atoms with Gasteiger partial charge in [0.2, 0.25) is 5.91 Å². The molecule has 8 heteroatoms. The Kier molecular flexibility index (Phi) is 8.35. The standard InChI is InChI=1S/C15H25N5O2.HI/c1-4-13-10-14(22-18-13)11-17-15(16-5-2)20-8-6-19(7-9-20)12(3)21;/h10H,4-9,11H2,1-3H3,(H,16,17);1H. The van der Waals surface area contributed by atoms with Crippen molar-refractivity contribution in [1.82, 2.24) is 20.3 Å². The third-order valence-electron chi connectivity index (χ3n) is 3.71. The van der Waals surface area contributed by atoms with Gasteiger partial charge in [0, 0.05) is 45.7 Å². The number of carbonyl (C=O) groups is 1. The van der Waals surface area contributed by atoms with Crippen molar-refractivity contribution in [3.63, 3.8) is 0 Å². The minimum Gasteiger partial charge on any atom is -0.359 e. The van der Waals surface area contributed by atoms with Crippen LogP contribution >= 0.6 is 24.0 Å². The number of piperazine rings is 1. The molecule has 1 aliphatic rings. The fraction of sp³-hybridized carbons (Fsp3) is 0.667. The number of hydrogen-bond acceptors (Lipinski definition) is 4. The summed E-state index contributed by atoms with van der Waals surface area (Å²) in [4.78, 5) is 20.0. The summed E-state index contributed by atoms with van der Waals surface area (Å²) in [5, 5.41) is 7.28. The minimum atomic E-state index is 0. The number of carbonyl (C=O) groups excluding carboxylic acids is 1. The zero-order chi connectivity index (χ0) is 15.9. The minimum absolute atomic E-state index is 0. The Morgan fingerprint density at radius 1 is 1.30 bits per heavy atom. The molecule has 0 aromatic carbocycles. The van der Waals surface area contributed by atoms with Crippen LogP contribution in [0, 0.1) is 0 Å². The molecule has 1 saturated heterocycles. The summed E-state index contributed by atoms with van der Waals surface area (Å²) in [5.41, 5.74) is 0.949. The fourth-order valence-electron chi connectivity index (χ4n) is 2.41. The molecule has 7 nitrogen and oxygen atoms in total. The van der Waals surface area contributed by atoms with E-state index in [4.69, 9.17) is 4.52 Å². The van der Waals surface area contributed by atoms with Gasteiger partial charge in [-0.15, -0.1) is 24.0 Å². The van der Waals surface area contributed by atoms with Crippen molar-refractivity contribution in [2.75, 3.05) is 32.7 Å². The predicted octanol–water partition coefficient (Wildman–Crippen LogP) is 1.48. The highest BCUT2D eigenvalue weighted by Gasteiger charge is 2.20. The second-order valence-corrected chi connectivity index (χ2v) is 5.30. The van der Waals surface area contributed by atoms with Crippen LogP contribution in [0.3, 0.4) is 0 Å². The normalized spacial score (nSPS) is 15.3. The Labute approximate surface area is 154 Å². The van der Waals surface area contributed by atoms with E-state index in [2.05, 4.69) is 20.4 Å². The van der Waals surface area contributed by atoms with Crippen LogP contribution in [0.25, 0.3) is 0 Å². The van der Waals surface area contributed by atoms with Gasteiger partial charge in [-0.2, -0.15) is 0 Å². The zero-order valence-electron chi connectivity index (χ0n) is 14.0. The molecule has 0 bridgehead atoms. The molecule has 1 amide bonds. The van der Waals surface area contributed by atoms with Crippen molar-refractivity contribution in [3.8, 4) is 0 Å². The molecule has 0 atom stereocenters. The van der Waals surface area contributed by atoms with E-state index >= 15 is 0 Å². The van der Waals surface area contributed by atoms with Gasteiger partial charge in [0.05, 0.1) is 5.69 Å². The third-order valence-corrected chi connectivity index (χ3v) is 3.71. The van der Waals surface area contributed by atoms with E-state index in [1.807, 2.05) is 24.8 Å². The first-order chi connectivity index (χ1) is 10.6. The maximum Gasteiger partial charge on any atom is 0.219 e. The number of nitrogens with zero attached hydrogens (tertiary/aromatic N) is 4. The molecule has 1 fully saturated rings. The van der Waals surface area contributed by atoms with Crippen LogP contribution < -0.4 is 5.32 Å². The first kappa shape index (κ1) is 19.7. The molecule has 1 aliphatic heterocycles. The Morgan fingerprint density at radius 3 is 2.48 bits per heavy atom. The van der Waals surface area contributed by atoms with Gasteiger partial charge in [0.25, 0.3) is 0 Å². The number of hydrogen-bond donors (Lipinski definition) is 1. The zero-order valence-corrected chi connectivity index (χ0v) is 16.4. The number of aromatic nitrogens is 1. The lowest BCUT2D eigenvalue weighted by atomic mass is 10.3. The van der Waals surface area contributed by atoms with Crippen molar-refractivity contribution in [1.29, 1.82) is 0 Å². The SMILES string of the molecule is CCNC(=NCc1cc(CC)no1)N1CCN(C(C)=O)CC1.I. The lowest BCUT2D eigenvalue weighted by Gasteiger charge is -2.36. The number of aryl methyl sites for hydroxylation is 1. The molecule has 0 unspecified atom stereocenters. The molecule has 1 aromatic rings. The van der Waals surface area contributed by atoms with Crippen molar-refractivity contribution in [2.45, 2.75) is 33.7 Å². The van der Waals surface area contributed by atoms with Gasteiger partial charge in [-0.25, -0.2) is 4.99 Å². The molecule has 2 heterocycles. The molecule has 0 saturated carbocycles. The van der Waals surface area contributed by atoms with Crippen molar-refractivity contribution in [2.24, 2.45) is 4.99 Å². The summed E-state index contributed by atoms with van der Waals surface area (Å²) in [6.07, 6.45) is 0.861. The van der Waals surface area contributed by atoms with E-state index in [1.165, 1.54) is 0 Å². The van der Waals surface area contributed by atoms with Crippen LogP contribution in [-0.4, -0.2) is 59.5 Å². The van der Waals surface area contributed by atoms with Gasteiger partial charge in [-0.1, -0.05) is 12.1 Å². The topological polar surface area (TPSA) is 74.0 Å². The molecule has 0 aliphatic carbocycles. The van der Waals surface area contributed by atoms with E-state index in [0.717, 1.165) is 56.6 Å². The quantitative estimate of drug-likeness (QED) is 0.441. The van der Waals surface area contributed by atoms with Crippen molar-refractivity contribution in [3.05, 3.63) is 17.5 Å². The Morgan fingerprint density at radius 2 is 1.96 bits per heavy atom. The average Bonchev–Trinajstić information content (AvgIpc) is 2.99. The van der Waals surface area contributed by atoms with Crippen LogP contribution in [0.1, 0.15) is 32.2 Å². The summed E-state index contributed by atoms with van der Waals surface area (Å²) < 4.78 is 5.26. The number of halogens is 1. The van der Waals surface area contributed by atoms with Gasteiger partial charge in [0.1, 0.15) is 6.54 Å². The molecule has 23 heavy (non-hydrogen) atoms. The number of nitrogens with one attached hydrogen (secondary N) is 1. The number of amides is 1. The van der Waals surface area contributed by atoms with Crippen LogP contribution in [0.2, 0.25) is 0 Å². The Bertz CT molecular complexity index is 524. The molecular weight excluding hydrogens is 409 g/mol. The summed E-state index contributed by atoms with van der Waals surface area (Å²) in [6.45, 7) is 10.1. The van der Waals surface area contributed by atoms with Gasteiger partial charge < -0.3 is 19.6 Å². The second-order valence-electron chi connectivity index (χ2n) is 5.30. The van der Waals surface area contributed by atoms with E-state index in [0.29, 0.717) is 6.54 Å². The van der Waals surface area contributed by atoms with E-state index in [9.17, 15) is 4.79 Å². The molecule has 1 N–H and O–H groups in total. The fourth-order valence-corrected chi connectivity index (χ4v) is 2.41. The van der Waals surface area contributed by atoms with Gasteiger partial charge in [0.15, 0.2) is 11.7 Å². The maximum absolute atomic E-state index is 11.4. The molecule has 0 spiro atoms. The predicted molar refractivity (Wildman–Crippen MR) is 99.9 cm³/mol. The third kappa shape index (κ3) is 5.67. The van der Waals surface area contributed by atoms with Gasteiger partial charge in [-0.3, -0.25) is 4.79 Å². The smallest absolute Gasteiger partial charge is 0.219 e. The lowest BCUT2D eigenvalue weighted by Crippen LogP contribution is -2.53. The Hall–Kier alpha value is -1.32. The lowest BCUT2D eigenvalue weighted by molar-refractivity contribution is -0.130. The number of guanidine groups is 1. The highest BCUT2D eigenvalue weighted by Crippen LogP contribution is 2.07. The highest BCUT2D eigenvalue weighted by atomic mass is 127. The summed E-state index contributed by atoms with van der Waals surface area (Å²) in [6, 6.07) is 1.95. The molecular formula is C15H26IN5O2. The van der Waals surface area contributed by atoms with E-state index < -0.39 is 0 Å². The van der Waals surface area contributed by atoms with Crippen LogP contribution in [-0.2, 0) is 17.8 Å². The maximum atomic E-state index is 11.4. The molecule has 1 aromatic heterocycles. The molecule has 0 radical (unpaired) electrons. The van der Waals surface area contributed by atoms with Crippen LogP contribution in [0.15, 0.2) is 15.6 Å². The first-order valence-corrected chi connectivity index (χ1v) is 7.87. The van der Waals surface area contributed by atoms with E-state index in [-0.39, 0.29) is 29.9 Å². The van der Waals surface area contributed by atoms with Gasteiger partial charge in [-0.05, 0) is 13.3 Å². The second kappa shape index (κ2) is 9.74. The van der Waals surface area contributed by atoms with Crippen molar-refractivity contribution >= 4 is 35.8 Å². The van der Waals surface area contributed by atoms with E-state index in [1.54, 1.807) is 6.92 Å². The average molecular weight is 435 g/mol. The summed E-state index contributed by atoms with van der Waals surface area (Å²) in [7, 11) is 0. The molecule has 130 valence electrons. The monoisotopic (exact) mass is 435 g/mol. The van der Waals surface area contributed by atoms with Gasteiger partial charge >= 0.3 is 0 Å². The molecule has 2 rings (SSSR count). The Balaban J connectivity index is 0.00000264. The number of rotatable bonds is 4. The largest absolute Gasteiger partial charge is 0.359 e. The number of aliphatic imine (C=N–C) groups is 1.